The number of rotatable bonds is 25. The topological polar surface area (TPSA) is 683 Å². The van der Waals surface area contributed by atoms with E-state index < -0.39 is 234 Å². The summed E-state index contributed by atoms with van der Waals surface area (Å²) in [6.45, 7) is 3.53. The maximum atomic E-state index is 13.4. The first-order valence-electron chi connectivity index (χ1n) is 41.4. The Kier molecular flexibility index (Phi) is 35.1. The van der Waals surface area contributed by atoms with Gasteiger partial charge in [-0.2, -0.15) is 41.4 Å². The van der Waals surface area contributed by atoms with Crippen molar-refractivity contribution in [1.29, 1.82) is 16.1 Å². The van der Waals surface area contributed by atoms with Gasteiger partial charge in [-0.15, -0.1) is 4.89 Å². The number of alkyl halides is 6. The van der Waals surface area contributed by atoms with Crippen LogP contribution in [0.1, 0.15) is 150 Å². The number of nitrogens with zero attached hydrogens (tertiary/aromatic N) is 9. The molecule has 0 aliphatic carbocycles. The van der Waals surface area contributed by atoms with E-state index in [1.807, 2.05) is 0 Å². The summed E-state index contributed by atoms with van der Waals surface area (Å²) >= 11 is 0. The number of carbonyl (C=O) groups is 8. The van der Waals surface area contributed by atoms with E-state index in [-0.39, 0.29) is 52.2 Å². The Morgan fingerprint density at radius 1 is 0.441 bits per heavy atom. The highest BCUT2D eigenvalue weighted by atomic mass is 19.4. The highest BCUT2D eigenvalue weighted by Crippen LogP contribution is 2.49. The van der Waals surface area contributed by atoms with Crippen molar-refractivity contribution in [2.75, 3.05) is 26.4 Å². The van der Waals surface area contributed by atoms with Gasteiger partial charge in [0.15, 0.2) is 65.4 Å². The van der Waals surface area contributed by atoms with E-state index in [1.54, 1.807) is 152 Å². The number of hydrogen-bond acceptors (Lipinski definition) is 39. The van der Waals surface area contributed by atoms with E-state index in [0.29, 0.717) is 0 Å². The number of benzene rings is 6. The Hall–Kier alpha value is -15.9. The molecule has 5 saturated heterocycles. The first-order valence-corrected chi connectivity index (χ1v) is 41.4. The lowest BCUT2D eigenvalue weighted by molar-refractivity contribution is -0.414. The number of carbonyl (C=O) groups excluding carboxylic acids is 8. The standard InChI is InChI=1S/C32H27N3O9.C32H25N3O8.2C11H16N4O5.C4F6O5.CH4/c1-32(44-30(40)22-15-9-4-10-16-22)25(43-29(39)21-13-7-3-8-14-21)23(19-41-28(38)20-11-5-2-6-12-20)42-31(32)35-18-17-34-24(26(33)36)27(35)37;1-32(43-30(39)23-15-9-4-10-16-23)26(42-29(38)22-13-7-3-8-14-22)25(20-40-28(37)21-11-5-2-6-12-21)41-31(32)35-18-17-34-24(19-33)27(35)36;2*1-11(19)7(17)5(4-16)20-10(11)15-3-2-14-6(8(12)13)9(15)18;5-2(6,7)1(11)12-13-4(14-15-4)3(8,9)10;/h2-18,23,25,31H,19H2,1H3,(H2,33,36);2-18,25-26,31H,20H2,1H3;2*2-3,5,7,10,16-17,19H,4H2,1H3,(H3,12,13);;1H4/t23-,25?,31-,32+;25-,26?,31-,32+;2*5-,7?,10-,11+;;/m1111../s1. The second-order valence-electron chi connectivity index (χ2n) is 31.4. The number of hydrogen-bond donors (Lipinski definition) is 11. The highest BCUT2D eigenvalue weighted by molar-refractivity contribution is 5.95. The average molecular weight is 2000 g/mol. The molecule has 5 aliphatic rings. The number of aliphatic hydroxyl groups excluding tert-OH is 4. The molecule has 4 aromatic heterocycles. The molecule has 5 aliphatic heterocycles. The number of aromatic nitrogens is 8. The van der Waals surface area contributed by atoms with Crippen molar-refractivity contribution in [3.8, 4) is 6.07 Å². The van der Waals surface area contributed by atoms with Crippen LogP contribution in [-0.4, -0.2) is 244 Å². The Balaban J connectivity index is 0.000000195. The fourth-order valence-electron chi connectivity index (χ4n) is 14.3. The minimum absolute atomic E-state index is 0. The molecule has 0 radical (unpaired) electrons. The normalized spacial score (nSPS) is 24.1. The number of amidine groups is 2. The predicted octanol–water partition coefficient (Wildman–Crippen LogP) is 3.54. The Labute approximate surface area is 801 Å². The Bertz CT molecular complexity index is 6450. The average Bonchev–Trinajstić information content (AvgIpc) is 1.59. The molecule has 5 fully saturated rings. The van der Waals surface area contributed by atoms with Crippen molar-refractivity contribution < 1.29 is 162 Å². The number of esters is 6. The number of nitrogen functional groups attached to an aromatic ring is 2. The predicted molar refractivity (Wildman–Crippen MR) is 469 cm³/mol. The second-order valence-corrected chi connectivity index (χ2v) is 31.4. The number of halogens is 6. The number of nitrogens with two attached hydrogens (primary N) is 3. The first-order chi connectivity index (χ1) is 67.2. The van der Waals surface area contributed by atoms with Gasteiger partial charge < -0.3 is 95.2 Å². The van der Waals surface area contributed by atoms with E-state index in [0.717, 1.165) is 24.5 Å². The Morgan fingerprint density at radius 2 is 0.727 bits per heavy atom. The number of amides is 1. The summed E-state index contributed by atoms with van der Waals surface area (Å²) in [4.78, 5) is 179. The van der Waals surface area contributed by atoms with Crippen LogP contribution in [0.3, 0.4) is 0 Å². The molecule has 143 heavy (non-hydrogen) atoms. The van der Waals surface area contributed by atoms with Gasteiger partial charge in [-0.3, -0.25) is 57.9 Å². The molecule has 16 atom stereocenters. The van der Waals surface area contributed by atoms with Gasteiger partial charge in [-0.05, 0) is 100 Å². The zero-order chi connectivity index (χ0) is 104. The van der Waals surface area contributed by atoms with Crippen molar-refractivity contribution in [2.45, 2.75) is 150 Å². The summed E-state index contributed by atoms with van der Waals surface area (Å²) in [5, 5.41) is 82.5. The molecule has 15 rings (SSSR count). The van der Waals surface area contributed by atoms with E-state index in [9.17, 15) is 110 Å². The Morgan fingerprint density at radius 3 is 1.01 bits per heavy atom. The number of primary amides is 1. The van der Waals surface area contributed by atoms with E-state index in [1.165, 1.54) is 107 Å². The lowest BCUT2D eigenvalue weighted by atomic mass is 9.95. The molecule has 6 aromatic carbocycles. The molecule has 52 heteroatoms. The lowest BCUT2D eigenvalue weighted by Gasteiger charge is -2.34. The third-order valence-corrected chi connectivity index (χ3v) is 21.5. The monoisotopic (exact) mass is 2000 g/mol. The summed E-state index contributed by atoms with van der Waals surface area (Å²) < 4.78 is 132. The minimum Gasteiger partial charge on any atom is -0.459 e. The molecular weight excluding hydrogens is 1920 g/mol. The van der Waals surface area contributed by atoms with Gasteiger partial charge in [0, 0.05) is 49.6 Å². The molecule has 9 heterocycles. The molecule has 1 amide bonds. The van der Waals surface area contributed by atoms with Gasteiger partial charge >= 0.3 is 60.1 Å². The van der Waals surface area contributed by atoms with Crippen LogP contribution in [0.5, 0.6) is 0 Å². The van der Waals surface area contributed by atoms with Crippen LogP contribution in [0.25, 0.3) is 0 Å². The van der Waals surface area contributed by atoms with Gasteiger partial charge in [0.2, 0.25) is 5.69 Å². The van der Waals surface area contributed by atoms with E-state index in [4.69, 9.17) is 85.6 Å². The first kappa shape index (κ1) is 109. The van der Waals surface area contributed by atoms with Crippen molar-refractivity contribution in [3.63, 3.8) is 0 Å². The third kappa shape index (κ3) is 24.7. The number of nitrogens with one attached hydrogen (secondary N) is 2. The lowest BCUT2D eigenvalue weighted by Crippen LogP contribution is -2.52. The minimum atomic E-state index is -5.48. The van der Waals surface area contributed by atoms with Crippen molar-refractivity contribution in [2.24, 2.45) is 17.2 Å². The quantitative estimate of drug-likeness (QED) is 0.00569. The molecule has 10 aromatic rings. The largest absolute Gasteiger partial charge is 0.494 e. The molecular formula is C91H88F6N14O32. The second kappa shape index (κ2) is 46.0. The van der Waals surface area contributed by atoms with Crippen LogP contribution in [-0.2, 0) is 71.7 Å². The number of aliphatic hydroxyl groups is 6. The van der Waals surface area contributed by atoms with Gasteiger partial charge in [-0.25, -0.2) is 53.5 Å². The summed E-state index contributed by atoms with van der Waals surface area (Å²) in [7, 11) is 0. The van der Waals surface area contributed by atoms with Crippen molar-refractivity contribution in [1.82, 2.24) is 38.2 Å². The van der Waals surface area contributed by atoms with Crippen molar-refractivity contribution in [3.05, 3.63) is 329 Å². The smallest absolute Gasteiger partial charge is 0.459 e. The number of nitriles is 1. The zero-order valence-electron chi connectivity index (χ0n) is 74.0. The number of ether oxygens (including phenoxy) is 10. The van der Waals surface area contributed by atoms with Gasteiger partial charge in [0.1, 0.15) is 78.8 Å². The van der Waals surface area contributed by atoms with Crippen LogP contribution >= 0.6 is 0 Å². The van der Waals surface area contributed by atoms with E-state index >= 15 is 0 Å². The maximum Gasteiger partial charge on any atom is 0.494 e. The molecule has 4 unspecified atom stereocenters. The SMILES string of the molecule is C.C[C@]1(O)C(O)[C@@H](CO)O[C@H]1n1ccnc(C(=N)N)c1=O.C[C@]1(O)C(O)[C@@H](CO)O[C@H]1n1ccnc(C(=N)N)c1=O.C[C@]1(OC(=O)c2ccccc2)C(OC(=O)c2ccccc2)[C@@H](COC(=O)c2ccccc2)O[C@H]1n1ccnc(C#N)c1=O.C[C@]1(OC(=O)c2ccccc2)C(OC(=O)c2ccccc2)[C@@H](COC(=O)c2ccccc2)O[C@H]1n1ccnc(C(N)=O)c1=O.O=C(OOC1(C(F)(F)F)OO1)C(F)(F)F. The van der Waals surface area contributed by atoms with Crippen molar-refractivity contribution >= 4 is 59.4 Å². The van der Waals surface area contributed by atoms with Gasteiger partial charge in [0.25, 0.3) is 28.1 Å². The maximum absolute atomic E-state index is 13.4. The molecule has 756 valence electrons. The van der Waals surface area contributed by atoms with Crippen LogP contribution < -0.4 is 39.4 Å². The molecule has 14 N–H and O–H groups in total. The van der Waals surface area contributed by atoms with Gasteiger partial charge in [-0.1, -0.05) is 117 Å². The summed E-state index contributed by atoms with van der Waals surface area (Å²) in [6, 6.07) is 50.4. The van der Waals surface area contributed by atoms with Crippen LogP contribution in [0.4, 0.5) is 26.3 Å². The summed E-state index contributed by atoms with van der Waals surface area (Å²) in [5.41, 5.74) is 4.97. The summed E-state index contributed by atoms with van der Waals surface area (Å²) in [6.07, 6.45) is -16.3. The molecule has 0 spiro atoms. The summed E-state index contributed by atoms with van der Waals surface area (Å²) in [5.74, 6) is -13.4. The molecule has 0 bridgehead atoms. The van der Waals surface area contributed by atoms with Gasteiger partial charge in [0.05, 0.1) is 46.6 Å². The highest BCUT2D eigenvalue weighted by Gasteiger charge is 2.76. The fourth-order valence-corrected chi connectivity index (χ4v) is 14.3. The molecule has 46 nitrogen and oxygen atoms in total. The zero-order valence-corrected chi connectivity index (χ0v) is 74.0. The third-order valence-electron chi connectivity index (χ3n) is 21.5. The van der Waals surface area contributed by atoms with E-state index in [2.05, 4.69) is 39.5 Å². The fraction of sp³-hybridized carbons (Fsp3) is 0.308. The van der Waals surface area contributed by atoms with Crippen LogP contribution in [0.15, 0.2) is 251 Å². The molecule has 0 saturated carbocycles. The van der Waals surface area contributed by atoms with Crippen LogP contribution in [0, 0.1) is 22.1 Å². The van der Waals surface area contributed by atoms with Crippen LogP contribution in [0.2, 0.25) is 0 Å².